The van der Waals surface area contributed by atoms with Crippen LogP contribution in [0.15, 0.2) is 60.7 Å². The first-order chi connectivity index (χ1) is 50.7. The number of aliphatic hydroxyl groups excluding tert-OH is 4. The van der Waals surface area contributed by atoms with Crippen molar-refractivity contribution in [2.24, 2.45) is 0 Å². The zero-order valence-corrected chi connectivity index (χ0v) is 59.7. The normalized spacial score (nSPS) is 21.0. The van der Waals surface area contributed by atoms with Gasteiger partial charge in [-0.3, -0.25) is 0 Å². The molecule has 4 N–H and O–H groups in total. The second-order valence-electron chi connectivity index (χ2n) is 23.4. The highest BCUT2D eigenvalue weighted by Gasteiger charge is 2.57. The minimum Gasteiger partial charge on any atom is -0.496 e. The number of esters is 5. The molecule has 0 aromatic heterocycles. The van der Waals surface area contributed by atoms with Gasteiger partial charge in [-0.25, -0.2) is 24.0 Å². The van der Waals surface area contributed by atoms with E-state index in [1.165, 1.54) is 150 Å². The van der Waals surface area contributed by atoms with Crippen LogP contribution in [0.5, 0.6) is 97.7 Å². The third-order valence-electron chi connectivity index (χ3n) is 18.4. The van der Waals surface area contributed by atoms with E-state index in [0.717, 1.165) is 0 Å². The first-order valence-electron chi connectivity index (χ1n) is 31.9. The van der Waals surface area contributed by atoms with E-state index in [0.29, 0.717) is 0 Å². The average Bonchev–Trinajstić information content (AvgIpc) is 0.764. The summed E-state index contributed by atoms with van der Waals surface area (Å²) >= 11 is 0. The molecule has 4 heterocycles. The van der Waals surface area contributed by atoms with Gasteiger partial charge in [-0.1, -0.05) is 24.3 Å². The van der Waals surface area contributed by atoms with Crippen LogP contribution in [0.4, 0.5) is 0 Å². The molecular formula is C73H76O32. The van der Waals surface area contributed by atoms with E-state index < -0.39 is 126 Å². The van der Waals surface area contributed by atoms with Gasteiger partial charge in [0.15, 0.2) is 81.9 Å². The summed E-state index contributed by atoms with van der Waals surface area (Å²) < 4.78 is 142. The fourth-order valence-corrected chi connectivity index (χ4v) is 13.8. The molecule has 0 unspecified atom stereocenters. The van der Waals surface area contributed by atoms with Gasteiger partial charge in [-0.15, -0.1) is 0 Å². The van der Waals surface area contributed by atoms with Crippen LogP contribution in [0.3, 0.4) is 0 Å². The second-order valence-corrected chi connectivity index (χ2v) is 23.4. The molecular weight excluding hydrogens is 1390 g/mol. The molecule has 0 amide bonds. The van der Waals surface area contributed by atoms with E-state index in [1.807, 2.05) is 0 Å². The Morgan fingerprint density at radius 2 is 0.838 bits per heavy atom. The lowest BCUT2D eigenvalue weighted by Gasteiger charge is -2.43. The van der Waals surface area contributed by atoms with Crippen molar-refractivity contribution in [2.45, 2.75) is 61.0 Å². The number of benzene rings is 7. The molecule has 560 valence electrons. The summed E-state index contributed by atoms with van der Waals surface area (Å²) in [4.78, 5) is 81.1. The van der Waals surface area contributed by atoms with E-state index in [-0.39, 0.29) is 147 Å². The van der Waals surface area contributed by atoms with Gasteiger partial charge in [0.25, 0.3) is 0 Å². The molecule has 2 bridgehead atoms. The van der Waals surface area contributed by atoms with Gasteiger partial charge in [0.2, 0.25) is 35.0 Å². The molecule has 7 aromatic rings. The maximum absolute atomic E-state index is 16.7. The Morgan fingerprint density at radius 1 is 0.410 bits per heavy atom. The summed E-state index contributed by atoms with van der Waals surface area (Å²) in [5.41, 5.74) is -3.61. The van der Waals surface area contributed by atoms with Crippen molar-refractivity contribution in [1.29, 1.82) is 0 Å². The predicted octanol–water partition coefficient (Wildman–Crippen LogP) is 6.32. The van der Waals surface area contributed by atoms with E-state index in [1.54, 1.807) is 24.3 Å². The molecule has 4 aliphatic rings. The Kier molecular flexibility index (Phi) is 22.0. The fourth-order valence-electron chi connectivity index (χ4n) is 13.8. The molecule has 0 aliphatic carbocycles. The molecule has 4 aliphatic heterocycles. The van der Waals surface area contributed by atoms with Gasteiger partial charge in [0, 0.05) is 44.2 Å². The Morgan fingerprint density at radius 3 is 1.30 bits per heavy atom. The highest BCUT2D eigenvalue weighted by atomic mass is 16.7. The van der Waals surface area contributed by atoms with Crippen molar-refractivity contribution < 1.29 is 153 Å². The van der Waals surface area contributed by atoms with E-state index in [2.05, 4.69) is 0 Å². The highest BCUT2D eigenvalue weighted by Crippen LogP contribution is 2.62. The van der Waals surface area contributed by atoms with Gasteiger partial charge in [0.05, 0.1) is 154 Å². The first-order valence-corrected chi connectivity index (χ1v) is 31.9. The predicted molar refractivity (Wildman–Crippen MR) is 362 cm³/mol. The van der Waals surface area contributed by atoms with Gasteiger partial charge in [0.1, 0.15) is 42.5 Å². The first kappa shape index (κ1) is 74.7. The van der Waals surface area contributed by atoms with Gasteiger partial charge in [-0.05, 0) is 36.4 Å². The smallest absolute Gasteiger partial charge is 0.339 e. The van der Waals surface area contributed by atoms with Crippen LogP contribution in [-0.2, 0) is 28.4 Å². The number of methoxy groups -OCH3 is 16. The average molecular weight is 1470 g/mol. The minimum atomic E-state index is -2.48. The molecule has 105 heavy (non-hydrogen) atoms. The largest absolute Gasteiger partial charge is 0.496 e. The van der Waals surface area contributed by atoms with Crippen molar-refractivity contribution >= 4 is 40.6 Å². The number of cyclic esters (lactones) is 3. The molecule has 1 fully saturated rings. The number of rotatable bonds is 23. The van der Waals surface area contributed by atoms with E-state index in [9.17, 15) is 20.4 Å². The van der Waals surface area contributed by atoms with Crippen molar-refractivity contribution in [3.8, 4) is 120 Å². The lowest BCUT2D eigenvalue weighted by molar-refractivity contribution is -0.277. The molecule has 32 nitrogen and oxygen atoms in total. The van der Waals surface area contributed by atoms with Crippen molar-refractivity contribution in [1.82, 2.24) is 0 Å². The SMILES string of the molecule is COc1cc(C(=O)O[C@@H]2COC(=O)c3cc(OC)c(OC)c(OC)c3-c3c(cc(OC)c(OC)c3OC)C(=O)O[C@H]2[C@@H]2OC(=O)c3cc(OC)c(OC)c(OC)c3-c3c(OC)c(OC)c(OC)c4c3C(=O)O[C@H]2[C@H]4c2cc(O[C@@H]3O[C@H](CO)[C@@H](O)[C@H](O)[C@H]3O)c3ccccc3c2OC)cc(OC)c1OC. The lowest BCUT2D eigenvalue weighted by Crippen LogP contribution is -2.60. The van der Waals surface area contributed by atoms with Crippen molar-refractivity contribution in [3.05, 3.63) is 99.6 Å². The van der Waals surface area contributed by atoms with E-state index >= 15 is 24.0 Å². The van der Waals surface area contributed by atoms with E-state index in [4.69, 9.17) is 109 Å². The Balaban J connectivity index is 1.32. The van der Waals surface area contributed by atoms with Crippen LogP contribution < -0.4 is 80.5 Å². The molecule has 0 saturated carbocycles. The fraction of sp³-hybridized carbons (Fsp3) is 0.384. The zero-order chi connectivity index (χ0) is 75.7. The van der Waals surface area contributed by atoms with Crippen molar-refractivity contribution in [2.75, 3.05) is 127 Å². The van der Waals surface area contributed by atoms with Crippen LogP contribution in [0.25, 0.3) is 33.0 Å². The number of ether oxygens (including phenoxy) is 23. The third kappa shape index (κ3) is 12.5. The standard InChI is InChI=1S/C73H76O32/c1-83-37-21-29(22-38(84-2)55(37)89-7)68(78)100-43-28-99-69(79)33-24-39(85-3)56(90-8)60(93-11)45(33)46-34(25-40(86-4)57(91-9)61(46)94-12)70(80)103-59(43)67-65-44(32-23-36(30-19-17-18-20-31(30)54(32)88-6)101-73-53(77)52(76)51(75)42(27-74)102-73)48-50(72(82)104-65)49(64(97-15)66(98-16)63(48)96-14)47-35(71(81)105-67)26-41(87-5)58(92-10)62(47)95-13/h17-26,42-44,51-53,59,65,67,73-77H,27-28H2,1-16H3/t42-,43-,44+,51-,52+,53-,59-,65+,67+,73-/m1/s1. The maximum Gasteiger partial charge on any atom is 0.339 e. The number of hydrogen-bond acceptors (Lipinski definition) is 32. The quantitative estimate of drug-likeness (QED) is 0.0402. The van der Waals surface area contributed by atoms with Crippen LogP contribution in [0, 0.1) is 0 Å². The van der Waals surface area contributed by atoms with Crippen LogP contribution >= 0.6 is 0 Å². The summed E-state index contributed by atoms with van der Waals surface area (Å²) in [6.45, 7) is -2.02. The third-order valence-corrected chi connectivity index (χ3v) is 18.4. The van der Waals surface area contributed by atoms with Gasteiger partial charge >= 0.3 is 29.8 Å². The summed E-state index contributed by atoms with van der Waals surface area (Å²) in [7, 11) is 20.2. The lowest BCUT2D eigenvalue weighted by atomic mass is 9.74. The number of carbonyl (C=O) groups is 5. The zero-order valence-electron chi connectivity index (χ0n) is 59.7. The number of carbonyl (C=O) groups excluding carboxylic acids is 5. The van der Waals surface area contributed by atoms with Crippen LogP contribution in [0.1, 0.15) is 68.8 Å². The highest BCUT2D eigenvalue weighted by molar-refractivity contribution is 6.12. The molecule has 10 atom stereocenters. The van der Waals surface area contributed by atoms with Gasteiger partial charge in [-0.2, -0.15) is 0 Å². The summed E-state index contributed by atoms with van der Waals surface area (Å²) in [6, 6.07) is 13.9. The number of fused-ring (bicyclic) bond motifs is 8. The monoisotopic (exact) mass is 1460 g/mol. The Bertz CT molecular complexity index is 4520. The molecule has 11 rings (SSSR count). The molecule has 32 heteroatoms. The second kappa shape index (κ2) is 30.9. The maximum atomic E-state index is 16.7. The topological polar surface area (TPSA) is 379 Å². The molecule has 0 spiro atoms. The van der Waals surface area contributed by atoms with Crippen LogP contribution in [-0.4, -0.2) is 232 Å². The number of hydrogen-bond donors (Lipinski definition) is 4. The number of aliphatic hydroxyl groups is 4. The minimum absolute atomic E-state index is 0.0400. The summed E-state index contributed by atoms with van der Waals surface area (Å²) in [5, 5.41) is 44.6. The molecule has 1 saturated heterocycles. The van der Waals surface area contributed by atoms with Gasteiger partial charge < -0.3 is 129 Å². The van der Waals surface area contributed by atoms with Crippen LogP contribution in [0.2, 0.25) is 0 Å². The van der Waals surface area contributed by atoms with Crippen molar-refractivity contribution in [3.63, 3.8) is 0 Å². The summed E-state index contributed by atoms with van der Waals surface area (Å²) in [6.07, 6.45) is -18.5. The Labute approximate surface area is 599 Å². The summed E-state index contributed by atoms with van der Waals surface area (Å²) in [5.74, 6) is -11.1. The Hall–Kier alpha value is -11.5. The molecule has 7 aromatic carbocycles. The molecule has 0 radical (unpaired) electrons.